The average molecular weight is 471 g/mol. The van der Waals surface area contributed by atoms with Crippen molar-refractivity contribution >= 4 is 23.2 Å². The summed E-state index contributed by atoms with van der Waals surface area (Å²) in [5, 5.41) is 6.67. The van der Waals surface area contributed by atoms with Gasteiger partial charge in [0.1, 0.15) is 5.75 Å². The number of benzene rings is 3. The number of rotatable bonds is 9. The molecule has 8 heteroatoms. The number of hydrogen-bond donors (Lipinski definition) is 1. The molecule has 1 aromatic heterocycles. The molecule has 178 valence electrons. The van der Waals surface area contributed by atoms with E-state index >= 15 is 0 Å². The van der Waals surface area contributed by atoms with Crippen LogP contribution in [0.3, 0.4) is 0 Å². The van der Waals surface area contributed by atoms with E-state index in [1.165, 1.54) is 0 Å². The molecule has 4 rings (SSSR count). The molecule has 0 atom stereocenters. The minimum atomic E-state index is -0.310. The Morgan fingerprint density at radius 2 is 1.69 bits per heavy atom. The zero-order chi connectivity index (χ0) is 24.6. The van der Waals surface area contributed by atoms with Crippen molar-refractivity contribution in [3.8, 4) is 5.75 Å². The summed E-state index contributed by atoms with van der Waals surface area (Å²) in [5.74, 6) is 0.961. The molecule has 0 fully saturated rings. The smallest absolute Gasteiger partial charge is 0.259 e. The molecule has 8 nitrogen and oxygen atoms in total. The fourth-order valence-corrected chi connectivity index (χ4v) is 3.61. The van der Waals surface area contributed by atoms with Gasteiger partial charge in [-0.2, -0.15) is 4.98 Å². The number of hydrogen-bond acceptors (Lipinski definition) is 6. The highest BCUT2D eigenvalue weighted by molar-refractivity contribution is 6.06. The van der Waals surface area contributed by atoms with E-state index in [0.29, 0.717) is 35.3 Å². The van der Waals surface area contributed by atoms with Crippen molar-refractivity contribution in [2.75, 3.05) is 16.8 Å². The van der Waals surface area contributed by atoms with E-state index in [9.17, 15) is 9.59 Å². The molecular formula is C27H26N4O4. The number of ether oxygens (including phenoxy) is 1. The summed E-state index contributed by atoms with van der Waals surface area (Å²) in [6.07, 6.45) is 0.267. The van der Waals surface area contributed by atoms with E-state index in [-0.39, 0.29) is 24.8 Å². The second kappa shape index (κ2) is 11.1. The molecule has 0 aliphatic carbocycles. The van der Waals surface area contributed by atoms with Crippen LogP contribution in [0.1, 0.15) is 34.6 Å². The van der Waals surface area contributed by atoms with Crippen LogP contribution in [-0.2, 0) is 17.8 Å². The van der Waals surface area contributed by atoms with E-state index in [4.69, 9.17) is 9.26 Å². The third-order valence-electron chi connectivity index (χ3n) is 5.31. The van der Waals surface area contributed by atoms with Gasteiger partial charge in [0.05, 0.1) is 12.0 Å². The number of likely N-dealkylation sites (N-methyl/N-ethyl adjacent to an activating group) is 1. The molecule has 1 N–H and O–H groups in total. The molecule has 0 spiro atoms. The summed E-state index contributed by atoms with van der Waals surface area (Å²) >= 11 is 0. The Morgan fingerprint density at radius 1 is 0.971 bits per heavy atom. The van der Waals surface area contributed by atoms with Crippen molar-refractivity contribution in [1.29, 1.82) is 0 Å². The molecule has 0 saturated heterocycles. The van der Waals surface area contributed by atoms with Gasteiger partial charge in [-0.3, -0.25) is 9.59 Å². The first-order valence-electron chi connectivity index (χ1n) is 11.3. The highest BCUT2D eigenvalue weighted by Crippen LogP contribution is 2.21. The maximum absolute atomic E-state index is 12.9. The number of carbonyl (C=O) groups excluding carboxylic acids is 2. The highest BCUT2D eigenvalue weighted by atomic mass is 16.5. The third kappa shape index (κ3) is 6.11. The second-order valence-corrected chi connectivity index (χ2v) is 7.82. The predicted octanol–water partition coefficient (Wildman–Crippen LogP) is 4.80. The van der Waals surface area contributed by atoms with Crippen molar-refractivity contribution in [1.82, 2.24) is 10.1 Å². The summed E-state index contributed by atoms with van der Waals surface area (Å²) in [6.45, 7) is 4.32. The number of carbonyl (C=O) groups is 2. The third-order valence-corrected chi connectivity index (χ3v) is 5.31. The van der Waals surface area contributed by atoms with E-state index in [0.717, 1.165) is 11.3 Å². The minimum absolute atomic E-state index is 0.0124. The molecule has 35 heavy (non-hydrogen) atoms. The van der Waals surface area contributed by atoms with Crippen LogP contribution in [0.5, 0.6) is 5.75 Å². The zero-order valence-electron chi connectivity index (χ0n) is 19.6. The van der Waals surface area contributed by atoms with Crippen LogP contribution < -0.4 is 15.0 Å². The van der Waals surface area contributed by atoms with E-state index in [2.05, 4.69) is 15.5 Å². The largest absolute Gasteiger partial charge is 0.485 e. The summed E-state index contributed by atoms with van der Waals surface area (Å²) in [4.78, 5) is 31.6. The van der Waals surface area contributed by atoms with Gasteiger partial charge in [-0.05, 0) is 48.9 Å². The van der Waals surface area contributed by atoms with Gasteiger partial charge < -0.3 is 19.5 Å². The maximum atomic E-state index is 12.9. The Balaban J connectivity index is 1.38. The number of amides is 2. The Labute approximate surface area is 203 Å². The lowest BCUT2D eigenvalue weighted by Crippen LogP contribution is -2.31. The Morgan fingerprint density at radius 3 is 2.37 bits per heavy atom. The molecule has 0 unspecified atom stereocenters. The maximum Gasteiger partial charge on any atom is 0.259 e. The molecule has 0 saturated carbocycles. The number of aromatic nitrogens is 2. The van der Waals surface area contributed by atoms with Gasteiger partial charge in [0, 0.05) is 24.8 Å². The lowest BCUT2D eigenvalue weighted by molar-refractivity contribution is -0.117. The number of aryl methyl sites for hydroxylation is 1. The lowest BCUT2D eigenvalue weighted by Gasteiger charge is -2.21. The van der Waals surface area contributed by atoms with Crippen molar-refractivity contribution < 1.29 is 18.8 Å². The molecule has 2 amide bonds. The van der Waals surface area contributed by atoms with Crippen LogP contribution in [0.25, 0.3) is 0 Å². The fourth-order valence-electron chi connectivity index (χ4n) is 3.61. The van der Waals surface area contributed by atoms with Crippen LogP contribution in [0.2, 0.25) is 0 Å². The van der Waals surface area contributed by atoms with Gasteiger partial charge in [0.15, 0.2) is 6.61 Å². The van der Waals surface area contributed by atoms with Crippen LogP contribution in [0.4, 0.5) is 11.4 Å². The molecule has 0 aliphatic heterocycles. The highest BCUT2D eigenvalue weighted by Gasteiger charge is 2.16. The van der Waals surface area contributed by atoms with Crippen molar-refractivity contribution in [2.24, 2.45) is 0 Å². The molecule has 4 aromatic rings. The Bertz CT molecular complexity index is 1290. The molecule has 0 radical (unpaired) electrons. The molecule has 0 aliphatic rings. The lowest BCUT2D eigenvalue weighted by atomic mass is 10.1. The topological polar surface area (TPSA) is 97.6 Å². The van der Waals surface area contributed by atoms with Crippen LogP contribution in [0, 0.1) is 6.92 Å². The Kier molecular flexibility index (Phi) is 7.52. The molecular weight excluding hydrogens is 444 g/mol. The standard InChI is InChI=1S/C27H26N4O4/c1-3-31(22-9-5-4-6-10-22)26(32)17-20-13-15-21(16-14-20)29-27(33)23-11-7-8-12-24(23)34-18-25-28-19(2)35-30-25/h4-16H,3,17-18H2,1-2H3,(H,29,33). The first-order valence-corrected chi connectivity index (χ1v) is 11.3. The van der Waals surface area contributed by atoms with Crippen LogP contribution in [-0.4, -0.2) is 28.5 Å². The second-order valence-electron chi connectivity index (χ2n) is 7.82. The SMILES string of the molecule is CCN(C(=O)Cc1ccc(NC(=O)c2ccccc2OCc2noc(C)n2)cc1)c1ccccc1. The van der Waals surface area contributed by atoms with Gasteiger partial charge in [-0.1, -0.05) is 47.6 Å². The van der Waals surface area contributed by atoms with E-state index < -0.39 is 0 Å². The summed E-state index contributed by atoms with van der Waals surface area (Å²) in [6, 6.07) is 23.8. The zero-order valence-corrected chi connectivity index (χ0v) is 19.6. The van der Waals surface area contributed by atoms with E-state index in [1.54, 1.807) is 48.2 Å². The van der Waals surface area contributed by atoms with Crippen molar-refractivity contribution in [2.45, 2.75) is 26.9 Å². The summed E-state index contributed by atoms with van der Waals surface area (Å²) in [5.41, 5.74) is 2.74. The number of anilines is 2. The first kappa shape index (κ1) is 23.7. The average Bonchev–Trinajstić information content (AvgIpc) is 3.30. The first-order chi connectivity index (χ1) is 17.0. The van der Waals surface area contributed by atoms with Crippen molar-refractivity contribution in [3.05, 3.63) is 102 Å². The van der Waals surface area contributed by atoms with Gasteiger partial charge >= 0.3 is 0 Å². The van der Waals surface area contributed by atoms with Gasteiger partial charge in [0.2, 0.25) is 17.6 Å². The molecule has 1 heterocycles. The van der Waals surface area contributed by atoms with Gasteiger partial charge in [-0.15, -0.1) is 0 Å². The van der Waals surface area contributed by atoms with Gasteiger partial charge in [-0.25, -0.2) is 0 Å². The van der Waals surface area contributed by atoms with Crippen LogP contribution >= 0.6 is 0 Å². The Hall–Kier alpha value is -4.46. The monoisotopic (exact) mass is 470 g/mol. The number of nitrogens with zero attached hydrogens (tertiary/aromatic N) is 3. The summed E-state index contributed by atoms with van der Waals surface area (Å²) < 4.78 is 10.7. The van der Waals surface area contributed by atoms with E-state index in [1.807, 2.05) is 49.4 Å². The number of nitrogens with one attached hydrogen (secondary N) is 1. The van der Waals surface area contributed by atoms with Crippen molar-refractivity contribution in [3.63, 3.8) is 0 Å². The summed E-state index contributed by atoms with van der Waals surface area (Å²) in [7, 11) is 0. The molecule has 3 aromatic carbocycles. The minimum Gasteiger partial charge on any atom is -0.485 e. The molecule has 0 bridgehead atoms. The normalized spacial score (nSPS) is 10.6. The fraction of sp³-hybridized carbons (Fsp3) is 0.185. The predicted molar refractivity (Wildman–Crippen MR) is 132 cm³/mol. The van der Waals surface area contributed by atoms with Gasteiger partial charge in [0.25, 0.3) is 5.91 Å². The van der Waals surface area contributed by atoms with Crippen LogP contribution in [0.15, 0.2) is 83.4 Å². The number of para-hydroxylation sites is 2. The quantitative estimate of drug-likeness (QED) is 0.377.